The molecule has 0 bridgehead atoms. The molecule has 0 atom stereocenters. The summed E-state index contributed by atoms with van der Waals surface area (Å²) in [5, 5.41) is 3.23. The first-order valence-electron chi connectivity index (χ1n) is 7.94. The van der Waals surface area contributed by atoms with Gasteiger partial charge in [0.15, 0.2) is 0 Å². The lowest BCUT2D eigenvalue weighted by Crippen LogP contribution is -2.40. The first-order valence-corrected chi connectivity index (χ1v) is 14.9. The van der Waals surface area contributed by atoms with Gasteiger partial charge in [0.25, 0.3) is 0 Å². The van der Waals surface area contributed by atoms with Gasteiger partial charge in [-0.2, -0.15) is 0 Å². The summed E-state index contributed by atoms with van der Waals surface area (Å²) in [4.78, 5) is 0. The quantitative estimate of drug-likeness (QED) is 0.617. The van der Waals surface area contributed by atoms with Crippen molar-refractivity contribution >= 4 is 26.5 Å². The molecule has 0 radical (unpaired) electrons. The van der Waals surface area contributed by atoms with Crippen LogP contribution in [0.4, 0.5) is 0 Å². The fourth-order valence-corrected chi connectivity index (χ4v) is 6.31. The van der Waals surface area contributed by atoms with Gasteiger partial charge in [0.1, 0.15) is 0 Å². The van der Waals surface area contributed by atoms with Crippen molar-refractivity contribution in [3.63, 3.8) is 0 Å². The SMILES string of the molecule is C[Si](C)(C)c1ccc2c(c1)Cc1c-2cccc1[Si](C)(C)C. The van der Waals surface area contributed by atoms with Crippen LogP contribution in [0, 0.1) is 0 Å². The van der Waals surface area contributed by atoms with Crippen LogP contribution in [0.5, 0.6) is 0 Å². The van der Waals surface area contributed by atoms with E-state index in [-0.39, 0.29) is 0 Å². The fourth-order valence-electron chi connectivity index (χ4n) is 3.39. The van der Waals surface area contributed by atoms with Crippen LogP contribution >= 0.6 is 0 Å². The number of hydrogen-bond acceptors (Lipinski definition) is 0. The summed E-state index contributed by atoms with van der Waals surface area (Å²) >= 11 is 0. The molecule has 0 fully saturated rings. The van der Waals surface area contributed by atoms with E-state index in [1.165, 1.54) is 11.1 Å². The van der Waals surface area contributed by atoms with Crippen molar-refractivity contribution in [3.05, 3.63) is 47.5 Å². The first kappa shape index (κ1) is 14.8. The molecule has 21 heavy (non-hydrogen) atoms. The van der Waals surface area contributed by atoms with E-state index in [0.29, 0.717) is 0 Å². The van der Waals surface area contributed by atoms with Gasteiger partial charge in [-0.3, -0.25) is 0 Å². The summed E-state index contributed by atoms with van der Waals surface area (Å²) in [5.74, 6) is 0. The van der Waals surface area contributed by atoms with Crippen LogP contribution in [0.2, 0.25) is 39.3 Å². The highest BCUT2D eigenvalue weighted by molar-refractivity contribution is 6.89. The van der Waals surface area contributed by atoms with Gasteiger partial charge in [0.2, 0.25) is 0 Å². The van der Waals surface area contributed by atoms with Gasteiger partial charge in [-0.25, -0.2) is 0 Å². The molecule has 0 amide bonds. The normalized spacial score (nSPS) is 14.0. The highest BCUT2D eigenvalue weighted by atomic mass is 28.3. The summed E-state index contributed by atoms with van der Waals surface area (Å²) in [7, 11) is -2.49. The fraction of sp³-hybridized carbons (Fsp3) is 0.368. The van der Waals surface area contributed by atoms with E-state index in [0.717, 1.165) is 6.42 Å². The van der Waals surface area contributed by atoms with Gasteiger partial charge in [-0.15, -0.1) is 0 Å². The Morgan fingerprint density at radius 2 is 1.48 bits per heavy atom. The van der Waals surface area contributed by atoms with Crippen molar-refractivity contribution in [3.8, 4) is 11.1 Å². The van der Waals surface area contributed by atoms with Gasteiger partial charge in [0, 0.05) is 0 Å². The molecule has 0 heterocycles. The number of hydrogen-bond donors (Lipinski definition) is 0. The van der Waals surface area contributed by atoms with Gasteiger partial charge < -0.3 is 0 Å². The maximum Gasteiger partial charge on any atom is 0.0779 e. The third kappa shape index (κ3) is 2.55. The van der Waals surface area contributed by atoms with Crippen LogP contribution in [0.15, 0.2) is 36.4 Å². The maximum atomic E-state index is 2.50. The van der Waals surface area contributed by atoms with Crippen LogP contribution in [-0.2, 0) is 6.42 Å². The molecule has 1 aliphatic carbocycles. The zero-order chi connectivity index (χ0) is 15.4. The molecule has 2 heteroatoms. The average Bonchev–Trinajstić information content (AvgIpc) is 2.73. The lowest BCUT2D eigenvalue weighted by atomic mass is 10.1. The van der Waals surface area contributed by atoms with Crippen LogP contribution in [-0.4, -0.2) is 16.1 Å². The molecule has 0 spiro atoms. The van der Waals surface area contributed by atoms with E-state index in [1.807, 2.05) is 0 Å². The second-order valence-electron chi connectivity index (χ2n) is 8.38. The van der Waals surface area contributed by atoms with E-state index >= 15 is 0 Å². The Balaban J connectivity index is 2.14. The van der Waals surface area contributed by atoms with Crippen LogP contribution < -0.4 is 10.4 Å². The van der Waals surface area contributed by atoms with E-state index in [9.17, 15) is 0 Å². The molecular formula is C19H26Si2. The topological polar surface area (TPSA) is 0 Å². The number of rotatable bonds is 2. The molecule has 0 nitrogen and oxygen atoms in total. The molecule has 0 saturated carbocycles. The van der Waals surface area contributed by atoms with Crippen molar-refractivity contribution < 1.29 is 0 Å². The predicted octanol–water partition coefficient (Wildman–Crippen LogP) is 4.35. The van der Waals surface area contributed by atoms with E-state index in [2.05, 4.69) is 75.7 Å². The van der Waals surface area contributed by atoms with Crippen molar-refractivity contribution in [2.24, 2.45) is 0 Å². The Morgan fingerprint density at radius 3 is 2.10 bits per heavy atom. The van der Waals surface area contributed by atoms with Crippen molar-refractivity contribution in [2.75, 3.05) is 0 Å². The summed E-state index contributed by atoms with van der Waals surface area (Å²) in [6.07, 6.45) is 1.14. The monoisotopic (exact) mass is 310 g/mol. The van der Waals surface area contributed by atoms with Crippen molar-refractivity contribution in [2.45, 2.75) is 45.7 Å². The first-order chi connectivity index (χ1) is 9.68. The molecule has 0 N–H and O–H groups in total. The van der Waals surface area contributed by atoms with Gasteiger partial charge in [-0.1, -0.05) is 86.1 Å². The number of benzene rings is 2. The molecule has 110 valence electrons. The van der Waals surface area contributed by atoms with E-state index in [4.69, 9.17) is 0 Å². The molecule has 1 aliphatic rings. The molecular weight excluding hydrogens is 284 g/mol. The lowest BCUT2D eigenvalue weighted by molar-refractivity contribution is 1.28. The Bertz CT molecular complexity index is 700. The minimum Gasteiger partial charge on any atom is -0.0656 e. The average molecular weight is 311 g/mol. The smallest absolute Gasteiger partial charge is 0.0656 e. The summed E-state index contributed by atoms with van der Waals surface area (Å²) in [5.41, 5.74) is 6.13. The molecule has 2 aromatic rings. The van der Waals surface area contributed by atoms with Gasteiger partial charge in [0.05, 0.1) is 16.1 Å². The van der Waals surface area contributed by atoms with Crippen molar-refractivity contribution in [1.82, 2.24) is 0 Å². The second kappa shape index (κ2) is 4.69. The Labute approximate surface area is 131 Å². The van der Waals surface area contributed by atoms with Crippen LogP contribution in [0.1, 0.15) is 11.1 Å². The molecule has 0 aromatic heterocycles. The molecule has 0 saturated heterocycles. The Morgan fingerprint density at radius 1 is 0.762 bits per heavy atom. The van der Waals surface area contributed by atoms with Gasteiger partial charge in [-0.05, 0) is 28.7 Å². The molecule has 0 unspecified atom stereocenters. The zero-order valence-corrected chi connectivity index (χ0v) is 16.2. The van der Waals surface area contributed by atoms with Crippen LogP contribution in [0.3, 0.4) is 0 Å². The minimum atomic E-state index is -1.27. The maximum absolute atomic E-state index is 2.50. The third-order valence-electron chi connectivity index (χ3n) is 4.61. The molecule has 0 aliphatic heterocycles. The third-order valence-corrected chi connectivity index (χ3v) is 8.74. The largest absolute Gasteiger partial charge is 0.0779 e. The number of fused-ring (bicyclic) bond motifs is 3. The Hall–Kier alpha value is -1.13. The second-order valence-corrected chi connectivity index (χ2v) is 18.5. The minimum absolute atomic E-state index is 1.14. The summed E-state index contributed by atoms with van der Waals surface area (Å²) in [6.45, 7) is 14.7. The summed E-state index contributed by atoms with van der Waals surface area (Å²) in [6, 6.07) is 14.2. The predicted molar refractivity (Wildman–Crippen MR) is 101 cm³/mol. The highest BCUT2D eigenvalue weighted by Crippen LogP contribution is 2.36. The van der Waals surface area contributed by atoms with Gasteiger partial charge >= 0.3 is 0 Å². The molecule has 3 rings (SSSR count). The highest BCUT2D eigenvalue weighted by Gasteiger charge is 2.28. The van der Waals surface area contributed by atoms with E-state index < -0.39 is 16.1 Å². The van der Waals surface area contributed by atoms with Crippen molar-refractivity contribution in [1.29, 1.82) is 0 Å². The zero-order valence-electron chi connectivity index (χ0n) is 14.2. The van der Waals surface area contributed by atoms with Crippen LogP contribution in [0.25, 0.3) is 11.1 Å². The standard InChI is InChI=1S/C19H26Si2/c1-20(2,3)15-10-11-16-14(12-15)13-18-17(16)8-7-9-19(18)21(4,5)6/h7-12H,13H2,1-6H3. The lowest BCUT2D eigenvalue weighted by Gasteiger charge is -2.20. The summed E-state index contributed by atoms with van der Waals surface area (Å²) < 4.78 is 0. The Kier molecular flexibility index (Phi) is 3.30. The van der Waals surface area contributed by atoms with E-state index in [1.54, 1.807) is 21.5 Å². The molecule has 2 aromatic carbocycles.